The van der Waals surface area contributed by atoms with E-state index in [1.54, 1.807) is 0 Å². The molecule has 0 spiro atoms. The molecule has 5 heteroatoms. The normalized spacial score (nSPS) is 17.3. The summed E-state index contributed by atoms with van der Waals surface area (Å²) in [6.07, 6.45) is 2.09. The van der Waals surface area contributed by atoms with E-state index in [2.05, 4.69) is 25.5 Å². The lowest BCUT2D eigenvalue weighted by molar-refractivity contribution is 0.195. The highest BCUT2D eigenvalue weighted by atomic mass is 79.9. The summed E-state index contributed by atoms with van der Waals surface area (Å²) in [7, 11) is 0. The predicted octanol–water partition coefficient (Wildman–Crippen LogP) is 3.02. The molecular weight excluding hydrogens is 299 g/mol. The van der Waals surface area contributed by atoms with Crippen LogP contribution in [0, 0.1) is 18.2 Å². The van der Waals surface area contributed by atoms with Crippen LogP contribution in [-0.2, 0) is 6.54 Å². The van der Waals surface area contributed by atoms with Crippen LogP contribution >= 0.6 is 15.9 Å². The third-order valence-electron chi connectivity index (χ3n) is 3.74. The van der Waals surface area contributed by atoms with Gasteiger partial charge in [0.05, 0.1) is 17.6 Å². The van der Waals surface area contributed by atoms with Crippen LogP contribution in [0.25, 0.3) is 11.0 Å². The quantitative estimate of drug-likeness (QED) is 0.946. The Hall–Kier alpha value is -0.940. The minimum Gasteiger partial charge on any atom is -0.396 e. The minimum absolute atomic E-state index is 0.00617. The van der Waals surface area contributed by atoms with Crippen LogP contribution in [0.3, 0.4) is 0 Å². The van der Waals surface area contributed by atoms with Gasteiger partial charge in [0.2, 0.25) is 0 Å². The molecule has 1 aliphatic carbocycles. The van der Waals surface area contributed by atoms with Crippen molar-refractivity contribution < 1.29 is 9.50 Å². The van der Waals surface area contributed by atoms with Gasteiger partial charge in [-0.05, 0) is 41.8 Å². The van der Waals surface area contributed by atoms with E-state index in [0.29, 0.717) is 9.99 Å². The van der Waals surface area contributed by atoms with E-state index in [4.69, 9.17) is 0 Å². The fourth-order valence-electron chi connectivity index (χ4n) is 2.37. The molecule has 18 heavy (non-hydrogen) atoms. The Balaban J connectivity index is 2.13. The SMILES string of the molecule is Cc1nc2cc(F)cc(Br)c2n1CC1(CO)CC1. The maximum absolute atomic E-state index is 13.3. The van der Waals surface area contributed by atoms with Gasteiger partial charge in [-0.1, -0.05) is 0 Å². The molecule has 1 fully saturated rings. The third-order valence-corrected chi connectivity index (χ3v) is 4.34. The Bertz CT molecular complexity index is 619. The highest BCUT2D eigenvalue weighted by Crippen LogP contribution is 2.47. The van der Waals surface area contributed by atoms with Crippen LogP contribution in [0.1, 0.15) is 18.7 Å². The van der Waals surface area contributed by atoms with E-state index in [0.717, 1.165) is 30.7 Å². The first-order valence-corrected chi connectivity index (χ1v) is 6.77. The number of hydrogen-bond acceptors (Lipinski definition) is 2. The van der Waals surface area contributed by atoms with Gasteiger partial charge in [-0.3, -0.25) is 0 Å². The molecule has 96 valence electrons. The Morgan fingerprint density at radius 3 is 2.83 bits per heavy atom. The number of aliphatic hydroxyl groups excluding tert-OH is 1. The molecule has 3 nitrogen and oxygen atoms in total. The number of halogens is 2. The molecule has 3 rings (SSSR count). The Kier molecular flexibility index (Phi) is 2.71. The number of benzene rings is 1. The van der Waals surface area contributed by atoms with Gasteiger partial charge in [0, 0.05) is 22.5 Å². The molecule has 0 saturated heterocycles. The van der Waals surface area contributed by atoms with Crippen LogP contribution < -0.4 is 0 Å². The van der Waals surface area contributed by atoms with Gasteiger partial charge in [0.15, 0.2) is 0 Å². The van der Waals surface area contributed by atoms with E-state index < -0.39 is 0 Å². The number of rotatable bonds is 3. The van der Waals surface area contributed by atoms with Crippen LogP contribution in [0.15, 0.2) is 16.6 Å². The van der Waals surface area contributed by atoms with Crippen molar-refractivity contribution >= 4 is 27.0 Å². The Labute approximate surface area is 113 Å². The van der Waals surface area contributed by atoms with Crippen molar-refractivity contribution in [3.05, 3.63) is 28.2 Å². The minimum atomic E-state index is -0.290. The second-order valence-corrected chi connectivity index (χ2v) is 6.01. The summed E-state index contributed by atoms with van der Waals surface area (Å²) in [6, 6.07) is 2.90. The van der Waals surface area contributed by atoms with Gasteiger partial charge in [0.1, 0.15) is 11.6 Å². The molecule has 1 N–H and O–H groups in total. The average molecular weight is 313 g/mol. The van der Waals surface area contributed by atoms with Gasteiger partial charge >= 0.3 is 0 Å². The molecule has 1 aromatic carbocycles. The predicted molar refractivity (Wildman–Crippen MR) is 70.9 cm³/mol. The van der Waals surface area contributed by atoms with E-state index in [1.165, 1.54) is 12.1 Å². The topological polar surface area (TPSA) is 38.0 Å². The largest absolute Gasteiger partial charge is 0.396 e. The molecule has 1 saturated carbocycles. The first-order chi connectivity index (χ1) is 8.54. The molecular formula is C13H14BrFN2O. The molecule has 0 radical (unpaired) electrons. The number of imidazole rings is 1. The van der Waals surface area contributed by atoms with Crippen LogP contribution in [0.2, 0.25) is 0 Å². The van der Waals surface area contributed by atoms with E-state index in [-0.39, 0.29) is 17.8 Å². The van der Waals surface area contributed by atoms with Gasteiger partial charge in [-0.25, -0.2) is 9.37 Å². The highest BCUT2D eigenvalue weighted by Gasteiger charge is 2.42. The Morgan fingerprint density at radius 2 is 2.22 bits per heavy atom. The lowest BCUT2D eigenvalue weighted by atomic mass is 10.1. The number of aromatic nitrogens is 2. The molecule has 1 aliphatic rings. The van der Waals surface area contributed by atoms with Crippen LogP contribution in [-0.4, -0.2) is 21.3 Å². The van der Waals surface area contributed by atoms with Crippen LogP contribution in [0.4, 0.5) is 4.39 Å². The number of fused-ring (bicyclic) bond motifs is 1. The number of aryl methyl sites for hydroxylation is 1. The molecule has 0 atom stereocenters. The summed E-state index contributed by atoms with van der Waals surface area (Å²) in [6.45, 7) is 2.86. The summed E-state index contributed by atoms with van der Waals surface area (Å²) in [4.78, 5) is 4.39. The monoisotopic (exact) mass is 312 g/mol. The lowest BCUT2D eigenvalue weighted by Crippen LogP contribution is -2.16. The zero-order valence-corrected chi connectivity index (χ0v) is 11.7. The molecule has 0 amide bonds. The smallest absolute Gasteiger partial charge is 0.126 e. The standard InChI is InChI=1S/C13H14BrFN2O/c1-8-16-11-5-9(15)4-10(14)12(11)17(8)6-13(7-18)2-3-13/h4-5,18H,2-3,6-7H2,1H3. The Morgan fingerprint density at radius 1 is 1.50 bits per heavy atom. The van der Waals surface area contributed by atoms with Crippen molar-refractivity contribution in [2.75, 3.05) is 6.61 Å². The molecule has 1 heterocycles. The summed E-state index contributed by atoms with van der Waals surface area (Å²) in [5, 5.41) is 9.43. The molecule has 2 aromatic rings. The van der Waals surface area contributed by atoms with Crippen molar-refractivity contribution in [3.63, 3.8) is 0 Å². The molecule has 0 unspecified atom stereocenters. The zero-order valence-electron chi connectivity index (χ0n) is 10.1. The molecule has 1 aromatic heterocycles. The van der Waals surface area contributed by atoms with E-state index >= 15 is 0 Å². The van der Waals surface area contributed by atoms with Gasteiger partial charge in [-0.15, -0.1) is 0 Å². The van der Waals surface area contributed by atoms with E-state index in [9.17, 15) is 9.50 Å². The number of nitrogens with zero attached hydrogens (tertiary/aromatic N) is 2. The first kappa shape index (κ1) is 12.1. The summed E-state index contributed by atoms with van der Waals surface area (Å²) in [5.74, 6) is 0.568. The maximum atomic E-state index is 13.3. The van der Waals surface area contributed by atoms with Crippen molar-refractivity contribution in [3.8, 4) is 0 Å². The first-order valence-electron chi connectivity index (χ1n) is 5.97. The van der Waals surface area contributed by atoms with E-state index in [1.807, 2.05) is 6.92 Å². The van der Waals surface area contributed by atoms with Gasteiger partial charge in [0.25, 0.3) is 0 Å². The lowest BCUT2D eigenvalue weighted by Gasteiger charge is -2.15. The zero-order chi connectivity index (χ0) is 12.9. The fourth-order valence-corrected chi connectivity index (χ4v) is 3.01. The van der Waals surface area contributed by atoms with Crippen molar-refractivity contribution in [1.29, 1.82) is 0 Å². The summed E-state index contributed by atoms with van der Waals surface area (Å²) < 4.78 is 16.1. The van der Waals surface area contributed by atoms with Gasteiger partial charge in [-0.2, -0.15) is 0 Å². The van der Waals surface area contributed by atoms with Gasteiger partial charge < -0.3 is 9.67 Å². The number of aliphatic hydroxyl groups is 1. The molecule has 0 aliphatic heterocycles. The highest BCUT2D eigenvalue weighted by molar-refractivity contribution is 9.10. The fraction of sp³-hybridized carbons (Fsp3) is 0.462. The summed E-state index contributed by atoms with van der Waals surface area (Å²) in [5.41, 5.74) is 1.58. The second-order valence-electron chi connectivity index (χ2n) is 5.16. The molecule has 0 bridgehead atoms. The van der Waals surface area contributed by atoms with Crippen molar-refractivity contribution in [2.45, 2.75) is 26.3 Å². The van der Waals surface area contributed by atoms with Crippen molar-refractivity contribution in [1.82, 2.24) is 9.55 Å². The van der Waals surface area contributed by atoms with Crippen LogP contribution in [0.5, 0.6) is 0 Å². The summed E-state index contributed by atoms with van der Waals surface area (Å²) >= 11 is 3.40. The maximum Gasteiger partial charge on any atom is 0.126 e. The second kappa shape index (κ2) is 4.03. The van der Waals surface area contributed by atoms with Crippen molar-refractivity contribution in [2.24, 2.45) is 5.41 Å². The number of hydrogen-bond donors (Lipinski definition) is 1. The average Bonchev–Trinajstić information content (AvgIpc) is 3.00. The third kappa shape index (κ3) is 1.86.